The maximum absolute atomic E-state index is 12.5. The van der Waals surface area contributed by atoms with Crippen molar-refractivity contribution >= 4 is 6.03 Å². The fourth-order valence-corrected chi connectivity index (χ4v) is 3.76. The standard InChI is InChI=1S/C15H27N3O2/c1-15(10-20-11-15)16-14(19)18-7-3-4-13(18)12-5-8-17(2)9-6-12/h12-13H,3-11H2,1-2H3,(H,16,19)/t13-/m0/s1. The van der Waals surface area contributed by atoms with Crippen LogP contribution in [0.5, 0.6) is 0 Å². The third kappa shape index (κ3) is 2.79. The van der Waals surface area contributed by atoms with Gasteiger partial charge in [0.2, 0.25) is 0 Å². The Hall–Kier alpha value is -0.810. The summed E-state index contributed by atoms with van der Waals surface area (Å²) in [5.74, 6) is 0.685. The van der Waals surface area contributed by atoms with Crippen LogP contribution in [0.3, 0.4) is 0 Å². The number of ether oxygens (including phenoxy) is 1. The molecule has 0 saturated carbocycles. The van der Waals surface area contributed by atoms with Crippen LogP contribution < -0.4 is 5.32 Å². The highest BCUT2D eigenvalue weighted by Gasteiger charge is 2.40. The lowest BCUT2D eigenvalue weighted by Gasteiger charge is -2.42. The van der Waals surface area contributed by atoms with Crippen LogP contribution in [-0.4, -0.2) is 67.3 Å². The average Bonchev–Trinajstić information content (AvgIpc) is 2.87. The Morgan fingerprint density at radius 1 is 1.20 bits per heavy atom. The first-order valence-electron chi connectivity index (χ1n) is 7.92. The summed E-state index contributed by atoms with van der Waals surface area (Å²) in [5, 5.41) is 3.16. The number of carbonyl (C=O) groups is 1. The molecule has 0 aromatic heterocycles. The molecule has 3 heterocycles. The van der Waals surface area contributed by atoms with E-state index in [2.05, 4.69) is 29.1 Å². The molecule has 0 aliphatic carbocycles. The van der Waals surface area contributed by atoms with Gasteiger partial charge in [0.05, 0.1) is 18.8 Å². The summed E-state index contributed by atoms with van der Waals surface area (Å²) in [5.41, 5.74) is -0.142. The fourth-order valence-electron chi connectivity index (χ4n) is 3.76. The Kier molecular flexibility index (Phi) is 3.91. The molecule has 0 aromatic rings. The number of carbonyl (C=O) groups excluding carboxylic acids is 1. The van der Waals surface area contributed by atoms with Gasteiger partial charge in [0.25, 0.3) is 0 Å². The molecule has 2 amide bonds. The van der Waals surface area contributed by atoms with Gasteiger partial charge >= 0.3 is 6.03 Å². The number of hydrogen-bond acceptors (Lipinski definition) is 3. The predicted octanol–water partition coefficient (Wildman–Crippen LogP) is 1.29. The van der Waals surface area contributed by atoms with E-state index in [9.17, 15) is 4.79 Å². The van der Waals surface area contributed by atoms with Gasteiger partial charge in [-0.2, -0.15) is 0 Å². The summed E-state index contributed by atoms with van der Waals surface area (Å²) in [7, 11) is 2.19. The summed E-state index contributed by atoms with van der Waals surface area (Å²) in [6.45, 7) is 6.61. The van der Waals surface area contributed by atoms with E-state index >= 15 is 0 Å². The van der Waals surface area contributed by atoms with Crippen molar-refractivity contribution in [2.45, 2.75) is 44.2 Å². The van der Waals surface area contributed by atoms with E-state index in [1.807, 2.05) is 0 Å². The molecule has 0 radical (unpaired) electrons. The lowest BCUT2D eigenvalue weighted by Crippen LogP contribution is -2.63. The molecule has 3 rings (SSSR count). The first kappa shape index (κ1) is 14.1. The second-order valence-corrected chi connectivity index (χ2v) is 7.03. The summed E-state index contributed by atoms with van der Waals surface area (Å²) in [6.07, 6.45) is 4.78. The normalized spacial score (nSPS) is 31.1. The van der Waals surface area contributed by atoms with E-state index in [1.165, 1.54) is 32.4 Å². The van der Waals surface area contributed by atoms with Gasteiger partial charge in [-0.1, -0.05) is 0 Å². The SMILES string of the molecule is CN1CCC([C@@H]2CCCN2C(=O)NC2(C)COC2)CC1. The zero-order valence-electron chi connectivity index (χ0n) is 12.7. The fraction of sp³-hybridized carbons (Fsp3) is 0.933. The van der Waals surface area contributed by atoms with Crippen LogP contribution >= 0.6 is 0 Å². The number of likely N-dealkylation sites (tertiary alicyclic amines) is 2. The zero-order valence-corrected chi connectivity index (χ0v) is 12.7. The van der Waals surface area contributed by atoms with Crippen LogP contribution in [0, 0.1) is 5.92 Å². The monoisotopic (exact) mass is 281 g/mol. The van der Waals surface area contributed by atoms with Gasteiger partial charge in [0, 0.05) is 12.6 Å². The number of urea groups is 1. The summed E-state index contributed by atoms with van der Waals surface area (Å²) in [4.78, 5) is 17.0. The number of nitrogens with zero attached hydrogens (tertiary/aromatic N) is 2. The summed E-state index contributed by atoms with van der Waals surface area (Å²) >= 11 is 0. The predicted molar refractivity (Wildman–Crippen MR) is 77.7 cm³/mol. The lowest BCUT2D eigenvalue weighted by atomic mass is 9.88. The second-order valence-electron chi connectivity index (χ2n) is 7.03. The molecule has 0 aromatic carbocycles. The van der Waals surface area contributed by atoms with E-state index in [0.717, 1.165) is 13.0 Å². The van der Waals surface area contributed by atoms with Crippen LogP contribution in [0.4, 0.5) is 4.79 Å². The van der Waals surface area contributed by atoms with E-state index in [-0.39, 0.29) is 11.6 Å². The van der Waals surface area contributed by atoms with Crippen molar-refractivity contribution in [2.75, 3.05) is 39.9 Å². The highest BCUT2D eigenvalue weighted by Crippen LogP contribution is 2.31. The Labute approximate surface area is 121 Å². The minimum absolute atomic E-state index is 0.122. The maximum Gasteiger partial charge on any atom is 0.318 e. The zero-order chi connectivity index (χ0) is 14.2. The molecule has 0 spiro atoms. The number of piperidine rings is 1. The van der Waals surface area contributed by atoms with Crippen LogP contribution in [0.2, 0.25) is 0 Å². The van der Waals surface area contributed by atoms with E-state index in [4.69, 9.17) is 4.74 Å². The highest BCUT2D eigenvalue weighted by molar-refractivity contribution is 5.76. The molecule has 0 unspecified atom stereocenters. The van der Waals surface area contributed by atoms with E-state index < -0.39 is 0 Å². The van der Waals surface area contributed by atoms with E-state index in [0.29, 0.717) is 25.2 Å². The largest absolute Gasteiger partial charge is 0.376 e. The number of hydrogen-bond donors (Lipinski definition) is 1. The first-order valence-corrected chi connectivity index (χ1v) is 7.92. The second kappa shape index (κ2) is 5.53. The Balaban J connectivity index is 1.58. The molecular formula is C15H27N3O2. The van der Waals surface area contributed by atoms with Crippen LogP contribution in [0.15, 0.2) is 0 Å². The molecular weight excluding hydrogens is 254 g/mol. The average molecular weight is 281 g/mol. The van der Waals surface area contributed by atoms with Crippen molar-refractivity contribution in [1.82, 2.24) is 15.1 Å². The molecule has 20 heavy (non-hydrogen) atoms. The third-order valence-electron chi connectivity index (χ3n) is 5.12. The van der Waals surface area contributed by atoms with Gasteiger partial charge < -0.3 is 19.9 Å². The lowest BCUT2D eigenvalue weighted by molar-refractivity contribution is -0.0597. The number of amides is 2. The van der Waals surface area contributed by atoms with Crippen molar-refractivity contribution in [3.63, 3.8) is 0 Å². The van der Waals surface area contributed by atoms with Crippen molar-refractivity contribution in [1.29, 1.82) is 0 Å². The highest BCUT2D eigenvalue weighted by atomic mass is 16.5. The maximum atomic E-state index is 12.5. The van der Waals surface area contributed by atoms with E-state index in [1.54, 1.807) is 0 Å². The topological polar surface area (TPSA) is 44.8 Å². The van der Waals surface area contributed by atoms with Crippen molar-refractivity contribution < 1.29 is 9.53 Å². The van der Waals surface area contributed by atoms with Crippen molar-refractivity contribution in [3.8, 4) is 0 Å². The molecule has 1 N–H and O–H groups in total. The van der Waals surface area contributed by atoms with Gasteiger partial charge in [-0.3, -0.25) is 0 Å². The first-order chi connectivity index (χ1) is 9.57. The quantitative estimate of drug-likeness (QED) is 0.829. The molecule has 114 valence electrons. The smallest absolute Gasteiger partial charge is 0.318 e. The minimum Gasteiger partial charge on any atom is -0.376 e. The molecule has 5 heteroatoms. The molecule has 3 aliphatic heterocycles. The minimum atomic E-state index is -0.142. The van der Waals surface area contributed by atoms with Gasteiger partial charge in [0.1, 0.15) is 0 Å². The molecule has 3 aliphatic rings. The molecule has 0 bridgehead atoms. The number of rotatable bonds is 2. The molecule has 1 atom stereocenters. The summed E-state index contributed by atoms with van der Waals surface area (Å²) < 4.78 is 5.22. The van der Waals surface area contributed by atoms with Crippen LogP contribution in [0.1, 0.15) is 32.6 Å². The van der Waals surface area contributed by atoms with Crippen LogP contribution in [-0.2, 0) is 4.74 Å². The third-order valence-corrected chi connectivity index (χ3v) is 5.12. The Bertz CT molecular complexity index is 362. The summed E-state index contributed by atoms with van der Waals surface area (Å²) in [6, 6.07) is 0.575. The molecule has 5 nitrogen and oxygen atoms in total. The molecule has 3 saturated heterocycles. The number of nitrogens with one attached hydrogen (secondary N) is 1. The van der Waals surface area contributed by atoms with Gasteiger partial charge in [-0.05, 0) is 58.7 Å². The van der Waals surface area contributed by atoms with Gasteiger partial charge in [0.15, 0.2) is 0 Å². The van der Waals surface area contributed by atoms with Gasteiger partial charge in [-0.25, -0.2) is 4.79 Å². The van der Waals surface area contributed by atoms with Gasteiger partial charge in [-0.15, -0.1) is 0 Å². The van der Waals surface area contributed by atoms with Crippen molar-refractivity contribution in [2.24, 2.45) is 5.92 Å². The van der Waals surface area contributed by atoms with Crippen molar-refractivity contribution in [3.05, 3.63) is 0 Å². The molecule has 3 fully saturated rings. The van der Waals surface area contributed by atoms with Crippen LogP contribution in [0.25, 0.3) is 0 Å². The Morgan fingerprint density at radius 2 is 1.90 bits per heavy atom. The Morgan fingerprint density at radius 3 is 2.50 bits per heavy atom.